The number of aliphatic hydroxyl groups excluding tert-OH is 1. The maximum Gasteiger partial charge on any atom is 0.0708 e. The summed E-state index contributed by atoms with van der Waals surface area (Å²) in [4.78, 5) is 4.56. The SMILES string of the molecule is CCC(N)C(CCO)c1cc(C)nc2ccccc12. The van der Waals surface area contributed by atoms with E-state index in [-0.39, 0.29) is 18.6 Å². The number of aliphatic hydroxyl groups is 1. The quantitative estimate of drug-likeness (QED) is 0.867. The van der Waals surface area contributed by atoms with Crippen LogP contribution in [0.2, 0.25) is 0 Å². The Bertz CT molecular complexity index is 553. The van der Waals surface area contributed by atoms with E-state index < -0.39 is 0 Å². The number of fused-ring (bicyclic) bond motifs is 1. The van der Waals surface area contributed by atoms with Crippen LogP contribution in [-0.2, 0) is 0 Å². The van der Waals surface area contributed by atoms with Crippen molar-refractivity contribution >= 4 is 10.9 Å². The molecular formula is C16H22N2O. The molecule has 2 atom stereocenters. The van der Waals surface area contributed by atoms with E-state index in [1.807, 2.05) is 25.1 Å². The number of hydrogen-bond acceptors (Lipinski definition) is 3. The molecule has 0 bridgehead atoms. The Hall–Kier alpha value is -1.45. The molecule has 0 amide bonds. The summed E-state index contributed by atoms with van der Waals surface area (Å²) in [6.07, 6.45) is 1.60. The smallest absolute Gasteiger partial charge is 0.0708 e. The van der Waals surface area contributed by atoms with Crippen molar-refractivity contribution in [3.63, 3.8) is 0 Å². The average Bonchev–Trinajstić information content (AvgIpc) is 2.43. The minimum atomic E-state index is 0.0670. The fourth-order valence-corrected chi connectivity index (χ4v) is 2.67. The van der Waals surface area contributed by atoms with Crippen LogP contribution >= 0.6 is 0 Å². The van der Waals surface area contributed by atoms with Crippen molar-refractivity contribution in [2.24, 2.45) is 5.73 Å². The standard InChI is InChI=1S/C16H22N2O/c1-3-15(17)12(8-9-19)14-10-11(2)18-16-7-5-4-6-13(14)16/h4-7,10,12,15,19H,3,8-9,17H2,1-2H3. The molecular weight excluding hydrogens is 236 g/mol. The van der Waals surface area contributed by atoms with Gasteiger partial charge in [-0.3, -0.25) is 4.98 Å². The van der Waals surface area contributed by atoms with Gasteiger partial charge in [-0.25, -0.2) is 0 Å². The van der Waals surface area contributed by atoms with E-state index in [4.69, 9.17) is 5.73 Å². The largest absolute Gasteiger partial charge is 0.396 e. The average molecular weight is 258 g/mol. The van der Waals surface area contributed by atoms with E-state index in [9.17, 15) is 5.11 Å². The molecule has 0 aliphatic heterocycles. The normalized spacial score (nSPS) is 14.5. The van der Waals surface area contributed by atoms with E-state index in [0.29, 0.717) is 6.42 Å². The first kappa shape index (κ1) is 14.0. The Morgan fingerprint density at radius 2 is 2.05 bits per heavy atom. The molecule has 0 spiro atoms. The molecule has 1 heterocycles. The zero-order valence-corrected chi connectivity index (χ0v) is 11.6. The number of para-hydroxylation sites is 1. The van der Waals surface area contributed by atoms with E-state index >= 15 is 0 Å². The van der Waals surface area contributed by atoms with Gasteiger partial charge in [0.05, 0.1) is 5.52 Å². The summed E-state index contributed by atoms with van der Waals surface area (Å²) < 4.78 is 0. The van der Waals surface area contributed by atoms with Crippen molar-refractivity contribution in [1.29, 1.82) is 0 Å². The summed E-state index contributed by atoms with van der Waals surface area (Å²) in [7, 11) is 0. The minimum absolute atomic E-state index is 0.0670. The second-order valence-corrected chi connectivity index (χ2v) is 5.06. The lowest BCUT2D eigenvalue weighted by Gasteiger charge is -2.24. The minimum Gasteiger partial charge on any atom is -0.396 e. The van der Waals surface area contributed by atoms with Crippen LogP contribution in [0.1, 0.15) is 36.9 Å². The molecule has 0 saturated carbocycles. The molecule has 3 N–H and O–H groups in total. The number of rotatable bonds is 5. The molecule has 102 valence electrons. The molecule has 2 unspecified atom stereocenters. The Balaban J connectivity index is 2.57. The topological polar surface area (TPSA) is 59.1 Å². The number of hydrogen-bond donors (Lipinski definition) is 2. The number of aromatic nitrogens is 1. The predicted molar refractivity (Wildman–Crippen MR) is 79.2 cm³/mol. The van der Waals surface area contributed by atoms with Gasteiger partial charge in [0.15, 0.2) is 0 Å². The van der Waals surface area contributed by atoms with Gasteiger partial charge >= 0.3 is 0 Å². The Morgan fingerprint density at radius 1 is 1.32 bits per heavy atom. The van der Waals surface area contributed by atoms with Crippen LogP contribution in [-0.4, -0.2) is 22.7 Å². The van der Waals surface area contributed by atoms with Gasteiger partial charge in [0.25, 0.3) is 0 Å². The predicted octanol–water partition coefficient (Wildman–Crippen LogP) is 2.75. The third-order valence-corrected chi connectivity index (χ3v) is 3.70. The lowest BCUT2D eigenvalue weighted by atomic mass is 9.85. The van der Waals surface area contributed by atoms with Gasteiger partial charge in [0, 0.05) is 29.6 Å². The highest BCUT2D eigenvalue weighted by Crippen LogP contribution is 2.30. The zero-order chi connectivity index (χ0) is 13.8. The Labute approximate surface area is 114 Å². The molecule has 1 aromatic carbocycles. The molecule has 3 heteroatoms. The van der Waals surface area contributed by atoms with Crippen molar-refractivity contribution in [2.75, 3.05) is 6.61 Å². The maximum atomic E-state index is 9.31. The molecule has 2 aromatic rings. The summed E-state index contributed by atoms with van der Waals surface area (Å²) in [5.41, 5.74) is 9.46. The number of aryl methyl sites for hydroxylation is 1. The summed E-state index contributed by atoms with van der Waals surface area (Å²) in [5, 5.41) is 10.5. The van der Waals surface area contributed by atoms with E-state index in [1.165, 1.54) is 5.56 Å². The summed E-state index contributed by atoms with van der Waals surface area (Å²) in [6.45, 7) is 4.25. The molecule has 1 aromatic heterocycles. The van der Waals surface area contributed by atoms with Crippen LogP contribution in [0.25, 0.3) is 10.9 Å². The van der Waals surface area contributed by atoms with Crippen molar-refractivity contribution in [3.05, 3.63) is 41.6 Å². The number of nitrogens with two attached hydrogens (primary N) is 1. The monoisotopic (exact) mass is 258 g/mol. The van der Waals surface area contributed by atoms with Crippen molar-refractivity contribution in [2.45, 2.75) is 38.6 Å². The van der Waals surface area contributed by atoms with Crippen LogP contribution in [0.5, 0.6) is 0 Å². The molecule has 2 rings (SSSR count). The molecule has 0 radical (unpaired) electrons. The third-order valence-electron chi connectivity index (χ3n) is 3.70. The van der Waals surface area contributed by atoms with Crippen LogP contribution in [0, 0.1) is 6.92 Å². The van der Waals surface area contributed by atoms with Crippen LogP contribution in [0.4, 0.5) is 0 Å². The summed E-state index contributed by atoms with van der Waals surface area (Å²) in [6, 6.07) is 10.3. The highest BCUT2D eigenvalue weighted by molar-refractivity contribution is 5.83. The van der Waals surface area contributed by atoms with Crippen LogP contribution < -0.4 is 5.73 Å². The first-order valence-electron chi connectivity index (χ1n) is 6.90. The van der Waals surface area contributed by atoms with Gasteiger partial charge in [-0.2, -0.15) is 0 Å². The third kappa shape index (κ3) is 2.94. The van der Waals surface area contributed by atoms with Gasteiger partial charge < -0.3 is 10.8 Å². The molecule has 0 aliphatic carbocycles. The second-order valence-electron chi connectivity index (χ2n) is 5.06. The lowest BCUT2D eigenvalue weighted by molar-refractivity contribution is 0.266. The molecule has 19 heavy (non-hydrogen) atoms. The summed E-state index contributed by atoms with van der Waals surface area (Å²) in [5.74, 6) is 0.182. The lowest BCUT2D eigenvalue weighted by Crippen LogP contribution is -2.28. The second kappa shape index (κ2) is 6.13. The van der Waals surface area contributed by atoms with Crippen molar-refractivity contribution in [1.82, 2.24) is 4.98 Å². The zero-order valence-electron chi connectivity index (χ0n) is 11.6. The molecule has 0 fully saturated rings. The Kier molecular flexibility index (Phi) is 4.51. The number of nitrogens with zero attached hydrogens (tertiary/aromatic N) is 1. The fraction of sp³-hybridized carbons (Fsp3) is 0.438. The Morgan fingerprint density at radius 3 is 2.74 bits per heavy atom. The highest BCUT2D eigenvalue weighted by Gasteiger charge is 2.20. The van der Waals surface area contributed by atoms with Gasteiger partial charge in [0.2, 0.25) is 0 Å². The van der Waals surface area contributed by atoms with E-state index in [2.05, 4.69) is 24.0 Å². The van der Waals surface area contributed by atoms with Gasteiger partial charge in [0.1, 0.15) is 0 Å². The van der Waals surface area contributed by atoms with Gasteiger partial charge in [-0.05, 0) is 37.5 Å². The van der Waals surface area contributed by atoms with Crippen LogP contribution in [0.3, 0.4) is 0 Å². The van der Waals surface area contributed by atoms with Gasteiger partial charge in [-0.15, -0.1) is 0 Å². The first-order valence-corrected chi connectivity index (χ1v) is 6.90. The van der Waals surface area contributed by atoms with E-state index in [1.54, 1.807) is 0 Å². The molecule has 3 nitrogen and oxygen atoms in total. The van der Waals surface area contributed by atoms with E-state index in [0.717, 1.165) is 23.0 Å². The highest BCUT2D eigenvalue weighted by atomic mass is 16.3. The number of pyridine rings is 1. The van der Waals surface area contributed by atoms with Crippen LogP contribution in [0.15, 0.2) is 30.3 Å². The van der Waals surface area contributed by atoms with Crippen molar-refractivity contribution < 1.29 is 5.11 Å². The summed E-state index contributed by atoms with van der Waals surface area (Å²) >= 11 is 0. The van der Waals surface area contributed by atoms with Crippen molar-refractivity contribution in [3.8, 4) is 0 Å². The van der Waals surface area contributed by atoms with Gasteiger partial charge in [-0.1, -0.05) is 25.1 Å². The molecule has 0 saturated heterocycles. The number of benzene rings is 1. The molecule has 0 aliphatic rings. The first-order chi connectivity index (χ1) is 9.17. The maximum absolute atomic E-state index is 9.31. The fourth-order valence-electron chi connectivity index (χ4n) is 2.67.